The maximum Gasteiger partial charge on any atom is 0.00634 e. The fourth-order valence-corrected chi connectivity index (χ4v) is 2.91. The fraction of sp³-hybridized carbons (Fsp3) is 0.692. The predicted molar refractivity (Wildman–Crippen MR) is 69.5 cm³/mol. The highest BCUT2D eigenvalue weighted by molar-refractivity contribution is 7.12. The van der Waals surface area contributed by atoms with Crippen LogP contribution in [-0.4, -0.2) is 6.04 Å². The number of nitrogens with two attached hydrogens (primary N) is 1. The maximum absolute atomic E-state index is 5.78. The fourth-order valence-electron chi connectivity index (χ4n) is 1.71. The van der Waals surface area contributed by atoms with Gasteiger partial charge in [0.2, 0.25) is 0 Å². The number of aryl methyl sites for hydroxylation is 1. The van der Waals surface area contributed by atoms with E-state index in [2.05, 4.69) is 26.0 Å². The van der Waals surface area contributed by atoms with Crippen molar-refractivity contribution in [2.24, 2.45) is 5.73 Å². The van der Waals surface area contributed by atoms with Crippen molar-refractivity contribution in [1.82, 2.24) is 0 Å². The second-order valence-electron chi connectivity index (χ2n) is 4.36. The van der Waals surface area contributed by atoms with Crippen molar-refractivity contribution in [2.45, 2.75) is 58.4 Å². The second kappa shape index (κ2) is 7.02. The largest absolute Gasteiger partial charge is 0.328 e. The van der Waals surface area contributed by atoms with E-state index in [9.17, 15) is 0 Å². The SMILES string of the molecule is CCCCCCc1ccc(CC(C)N)s1. The van der Waals surface area contributed by atoms with Crippen LogP contribution in [0.5, 0.6) is 0 Å². The van der Waals surface area contributed by atoms with E-state index in [0.29, 0.717) is 0 Å². The van der Waals surface area contributed by atoms with Gasteiger partial charge in [-0.3, -0.25) is 0 Å². The van der Waals surface area contributed by atoms with Crippen LogP contribution in [0.15, 0.2) is 12.1 Å². The molecule has 2 N–H and O–H groups in total. The zero-order valence-electron chi connectivity index (χ0n) is 9.96. The van der Waals surface area contributed by atoms with Crippen LogP contribution in [0.25, 0.3) is 0 Å². The lowest BCUT2D eigenvalue weighted by Gasteiger charge is -2.00. The third kappa shape index (κ3) is 5.33. The number of rotatable bonds is 7. The van der Waals surface area contributed by atoms with E-state index in [1.165, 1.54) is 41.9 Å². The molecule has 86 valence electrons. The first-order chi connectivity index (χ1) is 7.22. The van der Waals surface area contributed by atoms with Gasteiger partial charge in [0.05, 0.1) is 0 Å². The van der Waals surface area contributed by atoms with Gasteiger partial charge in [-0.1, -0.05) is 26.2 Å². The zero-order chi connectivity index (χ0) is 11.1. The van der Waals surface area contributed by atoms with E-state index in [1.807, 2.05) is 11.3 Å². The third-order valence-electron chi connectivity index (χ3n) is 2.52. The molecule has 0 saturated carbocycles. The molecule has 0 fully saturated rings. The summed E-state index contributed by atoms with van der Waals surface area (Å²) >= 11 is 1.94. The van der Waals surface area contributed by atoms with Crippen LogP contribution in [0.3, 0.4) is 0 Å². The molecule has 0 saturated heterocycles. The normalized spacial score (nSPS) is 13.0. The minimum absolute atomic E-state index is 0.289. The van der Waals surface area contributed by atoms with Crippen LogP contribution in [-0.2, 0) is 12.8 Å². The molecule has 0 aromatic carbocycles. The quantitative estimate of drug-likeness (QED) is 0.703. The first-order valence-corrected chi connectivity index (χ1v) is 6.87. The Morgan fingerprint density at radius 3 is 2.60 bits per heavy atom. The molecule has 1 atom stereocenters. The summed E-state index contributed by atoms with van der Waals surface area (Å²) in [6.45, 7) is 4.33. The van der Waals surface area contributed by atoms with Gasteiger partial charge in [-0.15, -0.1) is 11.3 Å². The van der Waals surface area contributed by atoms with E-state index in [0.717, 1.165) is 6.42 Å². The van der Waals surface area contributed by atoms with E-state index in [-0.39, 0.29) is 6.04 Å². The van der Waals surface area contributed by atoms with Gasteiger partial charge >= 0.3 is 0 Å². The topological polar surface area (TPSA) is 26.0 Å². The summed E-state index contributed by atoms with van der Waals surface area (Å²) in [6, 6.07) is 4.80. The highest BCUT2D eigenvalue weighted by atomic mass is 32.1. The highest BCUT2D eigenvalue weighted by Gasteiger charge is 2.02. The summed E-state index contributed by atoms with van der Waals surface area (Å²) in [5.74, 6) is 0. The molecule has 2 heteroatoms. The number of hydrogen-bond donors (Lipinski definition) is 1. The molecule has 1 aromatic heterocycles. The van der Waals surface area contributed by atoms with Crippen molar-refractivity contribution in [3.8, 4) is 0 Å². The van der Waals surface area contributed by atoms with Crippen LogP contribution in [0.2, 0.25) is 0 Å². The van der Waals surface area contributed by atoms with Crippen molar-refractivity contribution in [2.75, 3.05) is 0 Å². The molecule has 1 unspecified atom stereocenters. The summed E-state index contributed by atoms with van der Waals surface area (Å²) in [5.41, 5.74) is 5.78. The monoisotopic (exact) mass is 225 g/mol. The van der Waals surface area contributed by atoms with Crippen LogP contribution in [0.1, 0.15) is 49.3 Å². The Hall–Kier alpha value is -0.340. The van der Waals surface area contributed by atoms with Gasteiger partial charge in [0, 0.05) is 15.8 Å². The molecule has 1 nitrogen and oxygen atoms in total. The van der Waals surface area contributed by atoms with Gasteiger partial charge in [-0.2, -0.15) is 0 Å². The van der Waals surface area contributed by atoms with Crippen LogP contribution >= 0.6 is 11.3 Å². The average Bonchev–Trinajstić information content (AvgIpc) is 2.59. The van der Waals surface area contributed by atoms with Gasteiger partial charge < -0.3 is 5.73 Å². The molecule has 0 bridgehead atoms. The Balaban J connectivity index is 2.26. The lowest BCUT2D eigenvalue weighted by Crippen LogP contribution is -2.16. The van der Waals surface area contributed by atoms with Gasteiger partial charge in [-0.25, -0.2) is 0 Å². The van der Waals surface area contributed by atoms with Crippen LogP contribution in [0.4, 0.5) is 0 Å². The third-order valence-corrected chi connectivity index (χ3v) is 3.68. The summed E-state index contributed by atoms with van der Waals surface area (Å²) in [7, 11) is 0. The predicted octanol–water partition coefficient (Wildman–Crippen LogP) is 3.76. The van der Waals surface area contributed by atoms with E-state index in [1.54, 1.807) is 0 Å². The van der Waals surface area contributed by atoms with Gasteiger partial charge in [-0.05, 0) is 38.3 Å². The first-order valence-electron chi connectivity index (χ1n) is 6.05. The van der Waals surface area contributed by atoms with Gasteiger partial charge in [0.1, 0.15) is 0 Å². The molecule has 1 aromatic rings. The van der Waals surface area contributed by atoms with Crippen molar-refractivity contribution >= 4 is 11.3 Å². The molecule has 0 aliphatic carbocycles. The number of hydrogen-bond acceptors (Lipinski definition) is 2. The Morgan fingerprint density at radius 1 is 1.20 bits per heavy atom. The zero-order valence-corrected chi connectivity index (χ0v) is 10.8. The second-order valence-corrected chi connectivity index (χ2v) is 5.61. The molecular formula is C13H23NS. The Labute approximate surface area is 97.7 Å². The molecule has 1 rings (SSSR count). The van der Waals surface area contributed by atoms with Crippen molar-refractivity contribution in [1.29, 1.82) is 0 Å². The Bertz CT molecular complexity index is 265. The number of unbranched alkanes of at least 4 members (excludes halogenated alkanes) is 3. The van der Waals surface area contributed by atoms with Crippen molar-refractivity contribution in [3.05, 3.63) is 21.9 Å². The smallest absolute Gasteiger partial charge is 0.00634 e. The first kappa shape index (κ1) is 12.7. The highest BCUT2D eigenvalue weighted by Crippen LogP contribution is 2.20. The molecule has 1 heterocycles. The van der Waals surface area contributed by atoms with E-state index >= 15 is 0 Å². The molecule has 0 aliphatic heterocycles. The Kier molecular flexibility index (Phi) is 5.96. The summed E-state index contributed by atoms with van der Waals surface area (Å²) < 4.78 is 0. The van der Waals surface area contributed by atoms with Crippen LogP contribution < -0.4 is 5.73 Å². The van der Waals surface area contributed by atoms with Gasteiger partial charge in [0.25, 0.3) is 0 Å². The molecule has 0 radical (unpaired) electrons. The Morgan fingerprint density at radius 2 is 1.93 bits per heavy atom. The molecule has 0 amide bonds. The summed E-state index contributed by atoms with van der Waals surface area (Å²) in [5, 5.41) is 0. The average molecular weight is 225 g/mol. The molecule has 15 heavy (non-hydrogen) atoms. The van der Waals surface area contributed by atoms with Gasteiger partial charge in [0.15, 0.2) is 0 Å². The lowest BCUT2D eigenvalue weighted by molar-refractivity contribution is 0.670. The van der Waals surface area contributed by atoms with Crippen molar-refractivity contribution < 1.29 is 0 Å². The molecular weight excluding hydrogens is 202 g/mol. The minimum Gasteiger partial charge on any atom is -0.328 e. The van der Waals surface area contributed by atoms with Crippen molar-refractivity contribution in [3.63, 3.8) is 0 Å². The minimum atomic E-state index is 0.289. The maximum atomic E-state index is 5.78. The molecule has 0 spiro atoms. The standard InChI is InChI=1S/C13H23NS/c1-3-4-5-6-7-12-8-9-13(15-12)10-11(2)14/h8-9,11H,3-7,10,14H2,1-2H3. The number of thiophene rings is 1. The van der Waals surface area contributed by atoms with E-state index in [4.69, 9.17) is 5.73 Å². The van der Waals surface area contributed by atoms with Crippen LogP contribution in [0, 0.1) is 0 Å². The van der Waals surface area contributed by atoms with E-state index < -0.39 is 0 Å². The lowest BCUT2D eigenvalue weighted by atomic mass is 10.1. The summed E-state index contributed by atoms with van der Waals surface area (Å²) in [6.07, 6.45) is 7.69. The molecule has 0 aliphatic rings. The summed E-state index contributed by atoms with van der Waals surface area (Å²) in [4.78, 5) is 2.97.